The predicted octanol–water partition coefficient (Wildman–Crippen LogP) is 1.54. The number of pyridine rings is 1. The molecule has 0 bridgehead atoms. The van der Waals surface area contributed by atoms with E-state index in [0.717, 1.165) is 38.2 Å². The largest absolute Gasteiger partial charge is 0.381 e. The van der Waals surface area contributed by atoms with Crippen molar-refractivity contribution in [1.29, 1.82) is 0 Å². The van der Waals surface area contributed by atoms with E-state index in [1.54, 1.807) is 13.8 Å². The third kappa shape index (κ3) is 3.70. The molecule has 110 valence electrons. The Hall–Kier alpha value is -1.62. The Labute approximate surface area is 118 Å². The first-order valence-corrected chi connectivity index (χ1v) is 7.14. The number of ether oxygens (including phenoxy) is 1. The van der Waals surface area contributed by atoms with Crippen molar-refractivity contribution in [2.24, 2.45) is 5.92 Å². The van der Waals surface area contributed by atoms with E-state index >= 15 is 0 Å². The monoisotopic (exact) mass is 278 g/mol. The summed E-state index contributed by atoms with van der Waals surface area (Å²) in [4.78, 5) is 27.0. The second-order valence-electron chi connectivity index (χ2n) is 5.44. The molecule has 1 aromatic rings. The van der Waals surface area contributed by atoms with Crippen LogP contribution in [0.5, 0.6) is 0 Å². The van der Waals surface area contributed by atoms with Crippen molar-refractivity contribution < 1.29 is 9.53 Å². The van der Waals surface area contributed by atoms with Crippen LogP contribution in [-0.4, -0.2) is 30.6 Å². The van der Waals surface area contributed by atoms with E-state index in [0.29, 0.717) is 18.2 Å². The Morgan fingerprint density at radius 3 is 2.95 bits per heavy atom. The second-order valence-corrected chi connectivity index (χ2v) is 5.44. The molecule has 1 aliphatic rings. The fourth-order valence-corrected chi connectivity index (χ4v) is 2.64. The van der Waals surface area contributed by atoms with E-state index in [2.05, 4.69) is 10.3 Å². The molecule has 20 heavy (non-hydrogen) atoms. The van der Waals surface area contributed by atoms with Gasteiger partial charge in [-0.1, -0.05) is 0 Å². The van der Waals surface area contributed by atoms with Gasteiger partial charge in [0.05, 0.1) is 0 Å². The van der Waals surface area contributed by atoms with Crippen molar-refractivity contribution in [3.8, 4) is 0 Å². The molecular weight excluding hydrogens is 256 g/mol. The lowest BCUT2D eigenvalue weighted by molar-refractivity contribution is 0.0514. The number of carbonyl (C=O) groups excluding carboxylic acids is 1. The van der Waals surface area contributed by atoms with E-state index in [4.69, 9.17) is 4.74 Å². The zero-order valence-corrected chi connectivity index (χ0v) is 12.1. The van der Waals surface area contributed by atoms with Crippen LogP contribution in [0.1, 0.15) is 41.0 Å². The summed E-state index contributed by atoms with van der Waals surface area (Å²) in [6.07, 6.45) is 3.14. The van der Waals surface area contributed by atoms with Gasteiger partial charge in [0.25, 0.3) is 5.91 Å². The standard InChI is InChI=1S/C15H22N2O3/c1-10-8-13(18)14(11(2)17-10)15(19)16-6-5-12-4-3-7-20-9-12/h8,12H,3-7,9H2,1-2H3,(H,16,19)(H,17,18). The van der Waals surface area contributed by atoms with Crippen molar-refractivity contribution in [2.75, 3.05) is 19.8 Å². The summed E-state index contributed by atoms with van der Waals surface area (Å²) in [5.74, 6) is 0.224. The van der Waals surface area contributed by atoms with Crippen LogP contribution in [-0.2, 0) is 4.74 Å². The molecule has 2 heterocycles. The highest BCUT2D eigenvalue weighted by atomic mass is 16.5. The summed E-state index contributed by atoms with van der Waals surface area (Å²) in [5.41, 5.74) is 1.38. The smallest absolute Gasteiger partial charge is 0.257 e. The first-order chi connectivity index (χ1) is 9.58. The van der Waals surface area contributed by atoms with Crippen molar-refractivity contribution >= 4 is 5.91 Å². The maximum absolute atomic E-state index is 12.1. The molecule has 1 amide bonds. The molecule has 0 spiro atoms. The predicted molar refractivity (Wildman–Crippen MR) is 77.0 cm³/mol. The SMILES string of the molecule is Cc1cc(=O)c(C(=O)NCCC2CCCOC2)c(C)[nH]1. The Balaban J connectivity index is 1.90. The Morgan fingerprint density at radius 2 is 2.30 bits per heavy atom. The zero-order chi connectivity index (χ0) is 14.5. The molecule has 1 saturated heterocycles. The molecule has 0 aliphatic carbocycles. The van der Waals surface area contributed by atoms with Crippen LogP contribution in [0.15, 0.2) is 10.9 Å². The van der Waals surface area contributed by atoms with Crippen LogP contribution in [0.2, 0.25) is 0 Å². The number of hydrogen-bond acceptors (Lipinski definition) is 3. The van der Waals surface area contributed by atoms with Crippen molar-refractivity contribution in [3.63, 3.8) is 0 Å². The molecule has 1 aliphatic heterocycles. The quantitative estimate of drug-likeness (QED) is 0.877. The highest BCUT2D eigenvalue weighted by Crippen LogP contribution is 2.16. The molecule has 1 atom stereocenters. The molecule has 2 rings (SSSR count). The average molecular weight is 278 g/mol. The summed E-state index contributed by atoms with van der Waals surface area (Å²) in [6.45, 7) is 5.76. The lowest BCUT2D eigenvalue weighted by Gasteiger charge is -2.21. The van der Waals surface area contributed by atoms with Gasteiger partial charge in [-0.15, -0.1) is 0 Å². The molecule has 1 unspecified atom stereocenters. The number of carbonyl (C=O) groups is 1. The molecule has 0 radical (unpaired) electrons. The summed E-state index contributed by atoms with van der Waals surface area (Å²) in [6, 6.07) is 1.46. The maximum Gasteiger partial charge on any atom is 0.257 e. The number of H-pyrrole nitrogens is 1. The minimum Gasteiger partial charge on any atom is -0.381 e. The first kappa shape index (κ1) is 14.8. The highest BCUT2D eigenvalue weighted by Gasteiger charge is 2.16. The van der Waals surface area contributed by atoms with Gasteiger partial charge in [0.15, 0.2) is 5.43 Å². The lowest BCUT2D eigenvalue weighted by Crippen LogP contribution is -2.32. The van der Waals surface area contributed by atoms with Crippen LogP contribution in [0.3, 0.4) is 0 Å². The topological polar surface area (TPSA) is 71.2 Å². The number of aromatic amines is 1. The van der Waals surface area contributed by atoms with Gasteiger partial charge in [-0.05, 0) is 39.0 Å². The third-order valence-electron chi connectivity index (χ3n) is 3.67. The number of nitrogens with one attached hydrogen (secondary N) is 2. The van der Waals surface area contributed by atoms with Crippen LogP contribution < -0.4 is 10.7 Å². The van der Waals surface area contributed by atoms with Gasteiger partial charge >= 0.3 is 0 Å². The van der Waals surface area contributed by atoms with Crippen molar-refractivity contribution in [1.82, 2.24) is 10.3 Å². The van der Waals surface area contributed by atoms with Gasteiger partial charge in [0.2, 0.25) is 0 Å². The Bertz CT molecular complexity index is 530. The summed E-state index contributed by atoms with van der Waals surface area (Å²) in [7, 11) is 0. The fourth-order valence-electron chi connectivity index (χ4n) is 2.64. The fraction of sp³-hybridized carbons (Fsp3) is 0.600. The van der Waals surface area contributed by atoms with Crippen LogP contribution in [0, 0.1) is 19.8 Å². The third-order valence-corrected chi connectivity index (χ3v) is 3.67. The molecule has 0 aromatic carbocycles. The van der Waals surface area contributed by atoms with Crippen molar-refractivity contribution in [2.45, 2.75) is 33.1 Å². The molecule has 1 fully saturated rings. The Kier molecular flexibility index (Phi) is 4.95. The van der Waals surface area contributed by atoms with Gasteiger partial charge < -0.3 is 15.0 Å². The van der Waals surface area contributed by atoms with Gasteiger partial charge in [-0.25, -0.2) is 0 Å². The molecule has 1 aromatic heterocycles. The molecule has 5 nitrogen and oxygen atoms in total. The number of aryl methyl sites for hydroxylation is 2. The minimum atomic E-state index is -0.291. The first-order valence-electron chi connectivity index (χ1n) is 7.14. The summed E-state index contributed by atoms with van der Waals surface area (Å²) >= 11 is 0. The van der Waals surface area contributed by atoms with Crippen LogP contribution >= 0.6 is 0 Å². The van der Waals surface area contributed by atoms with E-state index in [-0.39, 0.29) is 16.9 Å². The molecule has 2 N–H and O–H groups in total. The zero-order valence-electron chi connectivity index (χ0n) is 12.1. The van der Waals surface area contributed by atoms with E-state index in [9.17, 15) is 9.59 Å². The normalized spacial score (nSPS) is 18.8. The van der Waals surface area contributed by atoms with E-state index in [1.807, 2.05) is 0 Å². The van der Waals surface area contributed by atoms with Crippen LogP contribution in [0.25, 0.3) is 0 Å². The molecule has 5 heteroatoms. The van der Waals surface area contributed by atoms with Gasteiger partial charge in [0.1, 0.15) is 5.56 Å². The highest BCUT2D eigenvalue weighted by molar-refractivity contribution is 5.95. The number of hydrogen-bond donors (Lipinski definition) is 2. The second kappa shape index (κ2) is 6.70. The van der Waals surface area contributed by atoms with E-state index in [1.165, 1.54) is 6.07 Å². The van der Waals surface area contributed by atoms with Gasteiger partial charge in [-0.3, -0.25) is 9.59 Å². The molecular formula is C15H22N2O3. The number of rotatable bonds is 4. The lowest BCUT2D eigenvalue weighted by atomic mass is 9.99. The van der Waals surface area contributed by atoms with Gasteiger partial charge in [0, 0.05) is 37.2 Å². The average Bonchev–Trinajstić information content (AvgIpc) is 2.38. The van der Waals surface area contributed by atoms with Crippen molar-refractivity contribution in [3.05, 3.63) is 33.2 Å². The summed E-state index contributed by atoms with van der Waals surface area (Å²) < 4.78 is 5.41. The maximum atomic E-state index is 12.1. The van der Waals surface area contributed by atoms with Gasteiger partial charge in [-0.2, -0.15) is 0 Å². The number of amides is 1. The van der Waals surface area contributed by atoms with Crippen LogP contribution in [0.4, 0.5) is 0 Å². The number of aromatic nitrogens is 1. The van der Waals surface area contributed by atoms with E-state index < -0.39 is 0 Å². The Morgan fingerprint density at radius 1 is 1.50 bits per heavy atom. The minimum absolute atomic E-state index is 0.218. The molecule has 0 saturated carbocycles. The summed E-state index contributed by atoms with van der Waals surface area (Å²) in [5, 5.41) is 2.83.